The van der Waals surface area contributed by atoms with Crippen LogP contribution in [0.25, 0.3) is 0 Å². The minimum Gasteiger partial charge on any atom is -0.518 e. The summed E-state index contributed by atoms with van der Waals surface area (Å²) in [4.78, 5) is 10.1. The van der Waals surface area contributed by atoms with Gasteiger partial charge in [0.25, 0.3) is 15.0 Å². The molecule has 7 heavy (non-hydrogen) atoms. The molecular weight excluding hydrogens is 108 g/mol. The fraction of sp³-hybridized carbons (Fsp3) is 0.750. The molecular formula is C4H9O2Si. The SMILES string of the molecule is CC(=O)O[Si](C)C. The molecule has 0 N–H and O–H groups in total. The summed E-state index contributed by atoms with van der Waals surface area (Å²) in [7, 11) is -0.784. The highest BCUT2D eigenvalue weighted by Crippen LogP contribution is 1.81. The van der Waals surface area contributed by atoms with Gasteiger partial charge in [-0.1, -0.05) is 0 Å². The van der Waals surface area contributed by atoms with Crippen LogP contribution in [0.3, 0.4) is 0 Å². The van der Waals surface area contributed by atoms with Gasteiger partial charge in [-0.25, -0.2) is 0 Å². The normalized spacial score (nSPS) is 9.14. The molecule has 0 amide bonds. The lowest BCUT2D eigenvalue weighted by molar-refractivity contribution is -0.132. The predicted molar refractivity (Wildman–Crippen MR) is 29.2 cm³/mol. The molecule has 41 valence electrons. The van der Waals surface area contributed by atoms with Gasteiger partial charge in [0.1, 0.15) is 0 Å². The lowest BCUT2D eigenvalue weighted by Crippen LogP contribution is -2.11. The third kappa shape index (κ3) is 5.69. The maximum absolute atomic E-state index is 10.1. The summed E-state index contributed by atoms with van der Waals surface area (Å²) in [6, 6.07) is 0. The van der Waals surface area contributed by atoms with Crippen molar-refractivity contribution in [3.63, 3.8) is 0 Å². The van der Waals surface area contributed by atoms with Crippen molar-refractivity contribution < 1.29 is 9.22 Å². The van der Waals surface area contributed by atoms with Gasteiger partial charge in [0.2, 0.25) is 0 Å². The monoisotopic (exact) mass is 117 g/mol. The molecule has 0 aromatic rings. The summed E-state index contributed by atoms with van der Waals surface area (Å²) in [5.41, 5.74) is 0. The average molecular weight is 117 g/mol. The highest BCUT2D eigenvalue weighted by molar-refractivity contribution is 6.50. The van der Waals surface area contributed by atoms with E-state index in [-0.39, 0.29) is 5.97 Å². The van der Waals surface area contributed by atoms with Crippen molar-refractivity contribution >= 4 is 15.0 Å². The van der Waals surface area contributed by atoms with Crippen LogP contribution < -0.4 is 0 Å². The maximum atomic E-state index is 10.1. The number of carbonyl (C=O) groups is 1. The molecule has 0 heterocycles. The third-order valence-corrected chi connectivity index (χ3v) is 1.04. The van der Waals surface area contributed by atoms with Crippen LogP contribution in [0.2, 0.25) is 13.1 Å². The molecule has 0 rings (SSSR count). The lowest BCUT2D eigenvalue weighted by atomic mass is 10.9. The van der Waals surface area contributed by atoms with E-state index in [2.05, 4.69) is 0 Å². The predicted octanol–water partition coefficient (Wildman–Crippen LogP) is 0.801. The average Bonchev–Trinajstić information content (AvgIpc) is 1.27. The Hall–Kier alpha value is -0.313. The summed E-state index contributed by atoms with van der Waals surface area (Å²) in [6.07, 6.45) is 0. The van der Waals surface area contributed by atoms with Crippen LogP contribution in [0.15, 0.2) is 0 Å². The molecule has 2 nitrogen and oxygen atoms in total. The Balaban J connectivity index is 3.13. The third-order valence-electron chi connectivity index (χ3n) is 0.348. The van der Waals surface area contributed by atoms with E-state index in [1.54, 1.807) is 0 Å². The minimum absolute atomic E-state index is 0.168. The molecule has 0 saturated carbocycles. The van der Waals surface area contributed by atoms with Crippen molar-refractivity contribution in [2.24, 2.45) is 0 Å². The highest BCUT2D eigenvalue weighted by Gasteiger charge is 1.98. The van der Waals surface area contributed by atoms with Gasteiger partial charge >= 0.3 is 0 Å². The van der Waals surface area contributed by atoms with Gasteiger partial charge in [0.15, 0.2) is 0 Å². The van der Waals surface area contributed by atoms with Gasteiger partial charge in [0, 0.05) is 6.92 Å². The van der Waals surface area contributed by atoms with Crippen LogP contribution in [-0.4, -0.2) is 15.0 Å². The summed E-state index contributed by atoms with van der Waals surface area (Å²) in [5.74, 6) is -0.168. The van der Waals surface area contributed by atoms with E-state index in [1.165, 1.54) is 6.92 Å². The van der Waals surface area contributed by atoms with E-state index in [0.717, 1.165) is 0 Å². The molecule has 0 spiro atoms. The number of carbonyl (C=O) groups excluding carboxylic acids is 1. The van der Waals surface area contributed by atoms with Gasteiger partial charge in [-0.3, -0.25) is 4.79 Å². The zero-order chi connectivity index (χ0) is 5.86. The summed E-state index contributed by atoms with van der Waals surface area (Å²) in [5, 5.41) is 0. The first-order valence-corrected chi connectivity index (χ1v) is 4.52. The summed E-state index contributed by atoms with van der Waals surface area (Å²) < 4.78 is 4.71. The van der Waals surface area contributed by atoms with Gasteiger partial charge in [-0.2, -0.15) is 0 Å². The van der Waals surface area contributed by atoms with E-state index in [0.29, 0.717) is 0 Å². The van der Waals surface area contributed by atoms with Crippen LogP contribution in [0.5, 0.6) is 0 Å². The first-order chi connectivity index (χ1) is 3.13. The smallest absolute Gasteiger partial charge is 0.289 e. The van der Waals surface area contributed by atoms with E-state index < -0.39 is 9.04 Å². The largest absolute Gasteiger partial charge is 0.518 e. The molecule has 0 aliphatic heterocycles. The molecule has 0 aliphatic carbocycles. The van der Waals surface area contributed by atoms with Crippen molar-refractivity contribution in [2.45, 2.75) is 20.0 Å². The molecule has 0 bridgehead atoms. The van der Waals surface area contributed by atoms with Gasteiger partial charge in [-0.05, 0) is 13.1 Å². The van der Waals surface area contributed by atoms with Gasteiger partial charge in [-0.15, -0.1) is 0 Å². The molecule has 0 aromatic heterocycles. The first kappa shape index (κ1) is 6.69. The molecule has 0 fully saturated rings. The Morgan fingerprint density at radius 3 is 2.00 bits per heavy atom. The molecule has 0 unspecified atom stereocenters. The summed E-state index contributed by atoms with van der Waals surface area (Å²) >= 11 is 0. The number of hydrogen-bond acceptors (Lipinski definition) is 2. The Bertz CT molecular complexity index is 70.1. The first-order valence-electron chi connectivity index (χ1n) is 2.11. The Kier molecular flexibility index (Phi) is 2.67. The maximum Gasteiger partial charge on any atom is 0.289 e. The Morgan fingerprint density at radius 1 is 1.57 bits per heavy atom. The van der Waals surface area contributed by atoms with Crippen LogP contribution >= 0.6 is 0 Å². The molecule has 0 aliphatic rings. The Morgan fingerprint density at radius 2 is 2.00 bits per heavy atom. The Labute approximate surface area is 45.2 Å². The fourth-order valence-electron chi connectivity index (χ4n) is 0.287. The van der Waals surface area contributed by atoms with Gasteiger partial charge < -0.3 is 4.43 Å². The summed E-state index contributed by atoms with van der Waals surface area (Å²) in [6.45, 7) is 5.27. The zero-order valence-electron chi connectivity index (χ0n) is 4.82. The van der Waals surface area contributed by atoms with Crippen LogP contribution in [-0.2, 0) is 9.22 Å². The quantitative estimate of drug-likeness (QED) is 0.475. The van der Waals surface area contributed by atoms with E-state index in [4.69, 9.17) is 4.43 Å². The van der Waals surface area contributed by atoms with Crippen molar-refractivity contribution in [1.29, 1.82) is 0 Å². The van der Waals surface area contributed by atoms with E-state index in [1.807, 2.05) is 13.1 Å². The zero-order valence-corrected chi connectivity index (χ0v) is 5.82. The second kappa shape index (κ2) is 2.79. The number of hydrogen-bond donors (Lipinski definition) is 0. The van der Waals surface area contributed by atoms with Crippen molar-refractivity contribution in [3.05, 3.63) is 0 Å². The molecule has 0 saturated heterocycles. The van der Waals surface area contributed by atoms with Crippen LogP contribution in [0, 0.1) is 0 Å². The molecule has 1 radical (unpaired) electrons. The fourth-order valence-corrected chi connectivity index (χ4v) is 0.862. The van der Waals surface area contributed by atoms with E-state index >= 15 is 0 Å². The topological polar surface area (TPSA) is 26.3 Å². The second-order valence-electron chi connectivity index (χ2n) is 1.50. The minimum atomic E-state index is -0.784. The lowest BCUT2D eigenvalue weighted by Gasteiger charge is -1.99. The van der Waals surface area contributed by atoms with Crippen LogP contribution in [0.1, 0.15) is 6.92 Å². The highest BCUT2D eigenvalue weighted by atomic mass is 28.3. The van der Waals surface area contributed by atoms with Crippen molar-refractivity contribution in [1.82, 2.24) is 0 Å². The number of rotatable bonds is 1. The molecule has 0 aromatic carbocycles. The van der Waals surface area contributed by atoms with E-state index in [9.17, 15) is 4.79 Å². The van der Waals surface area contributed by atoms with Gasteiger partial charge in [0.05, 0.1) is 0 Å². The second-order valence-corrected chi connectivity index (χ2v) is 3.52. The standard InChI is InChI=1S/C4H9O2Si/c1-4(5)6-7(2)3/h1-3H3. The van der Waals surface area contributed by atoms with Crippen molar-refractivity contribution in [2.75, 3.05) is 0 Å². The van der Waals surface area contributed by atoms with Crippen molar-refractivity contribution in [3.8, 4) is 0 Å². The molecule has 0 atom stereocenters. The van der Waals surface area contributed by atoms with Crippen LogP contribution in [0.4, 0.5) is 0 Å². The molecule has 3 heteroatoms.